The van der Waals surface area contributed by atoms with E-state index >= 15 is 0 Å². The molecule has 3 aromatic rings. The first-order valence-corrected chi connectivity index (χ1v) is 9.28. The zero-order valence-electron chi connectivity index (χ0n) is 14.6. The number of carbonyl (C=O) groups excluding carboxylic acids is 1. The largest absolute Gasteiger partial charge is 0.487 e. The van der Waals surface area contributed by atoms with Gasteiger partial charge in [0.25, 0.3) is 0 Å². The van der Waals surface area contributed by atoms with Crippen LogP contribution in [-0.2, 0) is 6.42 Å². The van der Waals surface area contributed by atoms with Crippen LogP contribution in [0.1, 0.15) is 43.1 Å². The third kappa shape index (κ3) is 3.12. The summed E-state index contributed by atoms with van der Waals surface area (Å²) in [5.74, 6) is 0.774. The molecular formula is C20H20N2O2S. The molecule has 2 aromatic carbocycles. The number of thiazole rings is 1. The smallest absolute Gasteiger partial charge is 0.188 e. The zero-order chi connectivity index (χ0) is 17.6. The van der Waals surface area contributed by atoms with Gasteiger partial charge in [-0.1, -0.05) is 24.3 Å². The number of hydrogen-bond donors (Lipinski definition) is 1. The quantitative estimate of drug-likeness (QED) is 0.691. The number of hydrogen-bond acceptors (Lipinski definition) is 5. The number of ketones is 1. The van der Waals surface area contributed by atoms with Crippen LogP contribution in [0.25, 0.3) is 10.2 Å². The van der Waals surface area contributed by atoms with Crippen LogP contribution in [0.3, 0.4) is 0 Å². The Labute approximate surface area is 150 Å². The lowest BCUT2D eigenvalue weighted by atomic mass is 9.93. The summed E-state index contributed by atoms with van der Waals surface area (Å²) < 4.78 is 7.07. The molecule has 25 heavy (non-hydrogen) atoms. The maximum atomic E-state index is 12.4. The van der Waals surface area contributed by atoms with Crippen molar-refractivity contribution in [1.82, 2.24) is 4.98 Å². The highest BCUT2D eigenvalue weighted by Gasteiger charge is 2.32. The maximum Gasteiger partial charge on any atom is 0.188 e. The Balaban J connectivity index is 1.63. The van der Waals surface area contributed by atoms with Gasteiger partial charge in [-0.2, -0.15) is 0 Å². The Morgan fingerprint density at radius 2 is 2.08 bits per heavy atom. The van der Waals surface area contributed by atoms with Gasteiger partial charge >= 0.3 is 0 Å². The fraction of sp³-hybridized carbons (Fsp3) is 0.300. The average molecular weight is 352 g/mol. The van der Waals surface area contributed by atoms with Crippen molar-refractivity contribution in [2.75, 3.05) is 5.32 Å². The standard InChI is InChI=1S/C20H20N2O2S/c1-4-12-5-7-15-18(9-12)25-19(22-15)21-13-6-8-17-14(10-13)16(23)11-20(2,3)24-17/h5-10H,4,11H2,1-3H3,(H,21,22). The van der Waals surface area contributed by atoms with E-state index in [9.17, 15) is 4.79 Å². The molecule has 2 heterocycles. The number of anilines is 2. The lowest BCUT2D eigenvalue weighted by Crippen LogP contribution is -2.35. The number of aromatic nitrogens is 1. The molecular weight excluding hydrogens is 332 g/mol. The molecule has 0 saturated carbocycles. The molecule has 0 unspecified atom stereocenters. The zero-order valence-corrected chi connectivity index (χ0v) is 15.4. The molecule has 0 amide bonds. The van der Waals surface area contributed by atoms with Crippen LogP contribution in [0.15, 0.2) is 36.4 Å². The first-order valence-electron chi connectivity index (χ1n) is 8.46. The summed E-state index contributed by atoms with van der Waals surface area (Å²) in [6.45, 7) is 6.02. The lowest BCUT2D eigenvalue weighted by molar-refractivity contribution is 0.0620. The van der Waals surface area contributed by atoms with Crippen molar-refractivity contribution in [3.05, 3.63) is 47.5 Å². The minimum atomic E-state index is -0.441. The second-order valence-electron chi connectivity index (χ2n) is 6.97. The highest BCUT2D eigenvalue weighted by atomic mass is 32.1. The summed E-state index contributed by atoms with van der Waals surface area (Å²) in [7, 11) is 0. The van der Waals surface area contributed by atoms with Crippen LogP contribution in [0, 0.1) is 0 Å². The van der Waals surface area contributed by atoms with E-state index in [0.29, 0.717) is 17.7 Å². The van der Waals surface area contributed by atoms with E-state index in [2.05, 4.69) is 35.4 Å². The van der Waals surface area contributed by atoms with E-state index in [1.165, 1.54) is 10.3 Å². The number of ether oxygens (including phenoxy) is 1. The van der Waals surface area contributed by atoms with Crippen molar-refractivity contribution in [1.29, 1.82) is 0 Å². The summed E-state index contributed by atoms with van der Waals surface area (Å²) in [6, 6.07) is 12.0. The van der Waals surface area contributed by atoms with Gasteiger partial charge in [-0.05, 0) is 56.2 Å². The van der Waals surface area contributed by atoms with E-state index < -0.39 is 5.60 Å². The second kappa shape index (κ2) is 5.85. The van der Waals surface area contributed by atoms with Crippen molar-refractivity contribution in [3.63, 3.8) is 0 Å². The van der Waals surface area contributed by atoms with Crippen molar-refractivity contribution in [3.8, 4) is 5.75 Å². The van der Waals surface area contributed by atoms with E-state index in [4.69, 9.17) is 4.74 Å². The second-order valence-corrected chi connectivity index (χ2v) is 8.00. The molecule has 0 radical (unpaired) electrons. The summed E-state index contributed by atoms with van der Waals surface area (Å²) in [6.07, 6.45) is 1.41. The lowest BCUT2D eigenvalue weighted by Gasteiger charge is -2.31. The summed E-state index contributed by atoms with van der Waals surface area (Å²) in [5, 5.41) is 4.15. The topological polar surface area (TPSA) is 51.2 Å². The van der Waals surface area contributed by atoms with Gasteiger partial charge in [0.15, 0.2) is 10.9 Å². The fourth-order valence-corrected chi connectivity index (χ4v) is 4.05. The highest BCUT2D eigenvalue weighted by Crippen LogP contribution is 2.36. The highest BCUT2D eigenvalue weighted by molar-refractivity contribution is 7.22. The van der Waals surface area contributed by atoms with E-state index in [1.54, 1.807) is 11.3 Å². The van der Waals surface area contributed by atoms with Crippen molar-refractivity contribution < 1.29 is 9.53 Å². The molecule has 0 fully saturated rings. The number of nitrogens with zero attached hydrogens (tertiary/aromatic N) is 1. The third-order valence-electron chi connectivity index (χ3n) is 4.36. The molecule has 128 valence electrons. The molecule has 1 aliphatic rings. The SMILES string of the molecule is CCc1ccc2nc(Nc3ccc4c(c3)C(=O)CC(C)(C)O4)sc2c1. The molecule has 1 aliphatic heterocycles. The van der Waals surface area contributed by atoms with Crippen LogP contribution >= 0.6 is 11.3 Å². The maximum absolute atomic E-state index is 12.4. The molecule has 4 nitrogen and oxygen atoms in total. The normalized spacial score (nSPS) is 15.7. The molecule has 0 atom stereocenters. The Morgan fingerprint density at radius 3 is 2.88 bits per heavy atom. The summed E-state index contributed by atoms with van der Waals surface area (Å²) >= 11 is 1.62. The number of Topliss-reactive ketones (excluding diaryl/α,β-unsaturated/α-hetero) is 1. The van der Waals surface area contributed by atoms with E-state index in [0.717, 1.165) is 22.8 Å². The van der Waals surface area contributed by atoms with Gasteiger partial charge < -0.3 is 10.1 Å². The minimum Gasteiger partial charge on any atom is -0.487 e. The molecule has 0 spiro atoms. The number of benzene rings is 2. The Hall–Kier alpha value is -2.40. The minimum absolute atomic E-state index is 0.117. The average Bonchev–Trinajstić information content (AvgIpc) is 2.95. The van der Waals surface area contributed by atoms with Crippen molar-refractivity contribution in [2.24, 2.45) is 0 Å². The van der Waals surface area contributed by atoms with Gasteiger partial charge in [-0.15, -0.1) is 0 Å². The van der Waals surface area contributed by atoms with Gasteiger partial charge in [0.2, 0.25) is 0 Å². The first kappa shape index (κ1) is 16.1. The number of nitrogens with one attached hydrogen (secondary N) is 1. The van der Waals surface area contributed by atoms with Crippen LogP contribution < -0.4 is 10.1 Å². The third-order valence-corrected chi connectivity index (χ3v) is 5.30. The number of rotatable bonds is 3. The predicted molar refractivity (Wildman–Crippen MR) is 102 cm³/mol. The van der Waals surface area contributed by atoms with E-state index in [1.807, 2.05) is 32.0 Å². The Morgan fingerprint density at radius 1 is 1.24 bits per heavy atom. The van der Waals surface area contributed by atoms with Gasteiger partial charge in [0.1, 0.15) is 11.4 Å². The van der Waals surface area contributed by atoms with Gasteiger partial charge in [0, 0.05) is 5.69 Å². The van der Waals surface area contributed by atoms with Gasteiger partial charge in [-0.25, -0.2) is 4.98 Å². The molecule has 0 aliphatic carbocycles. The van der Waals surface area contributed by atoms with Crippen LogP contribution in [0.4, 0.5) is 10.8 Å². The van der Waals surface area contributed by atoms with E-state index in [-0.39, 0.29) is 5.78 Å². The summed E-state index contributed by atoms with van der Waals surface area (Å²) in [5.41, 5.74) is 3.35. The predicted octanol–water partition coefficient (Wildman–Crippen LogP) is 5.35. The van der Waals surface area contributed by atoms with Crippen molar-refractivity contribution in [2.45, 2.75) is 39.2 Å². The molecule has 1 N–H and O–H groups in total. The number of fused-ring (bicyclic) bond motifs is 2. The molecule has 1 aromatic heterocycles. The molecule has 0 bridgehead atoms. The summed E-state index contributed by atoms with van der Waals surface area (Å²) in [4.78, 5) is 17.0. The van der Waals surface area contributed by atoms with Crippen molar-refractivity contribution >= 4 is 38.2 Å². The van der Waals surface area contributed by atoms with Crippen LogP contribution in [-0.4, -0.2) is 16.4 Å². The van der Waals surface area contributed by atoms with Gasteiger partial charge in [-0.3, -0.25) is 4.79 Å². The van der Waals surface area contributed by atoms with Gasteiger partial charge in [0.05, 0.1) is 22.2 Å². The Bertz CT molecular complexity index is 975. The molecule has 5 heteroatoms. The molecule has 4 rings (SSSR count). The number of aryl methyl sites for hydroxylation is 1. The monoisotopic (exact) mass is 352 g/mol. The molecule has 0 saturated heterocycles. The first-order chi connectivity index (χ1) is 11.9. The van der Waals surface area contributed by atoms with Crippen LogP contribution in [0.5, 0.6) is 5.75 Å². The fourth-order valence-electron chi connectivity index (χ4n) is 3.10. The Kier molecular flexibility index (Phi) is 3.76. The number of carbonyl (C=O) groups is 1. The van der Waals surface area contributed by atoms with Crippen LogP contribution in [0.2, 0.25) is 0 Å².